The summed E-state index contributed by atoms with van der Waals surface area (Å²) < 4.78 is 42.8. The Labute approximate surface area is 229 Å². The maximum atomic E-state index is 13.9. The van der Waals surface area contributed by atoms with E-state index in [1.54, 1.807) is 56.3 Å². The fraction of sp³-hybridized carbons (Fsp3) is 0.231. The quantitative estimate of drug-likeness (QED) is 0.351. The number of carbonyl (C=O) groups excluding carboxylic acids is 2. The summed E-state index contributed by atoms with van der Waals surface area (Å²) in [5.74, 6) is -1.73. The molecule has 0 heterocycles. The first-order chi connectivity index (χ1) is 17.5. The molecular formula is C26H26BrClFN3O4S. The molecule has 0 saturated heterocycles. The Hall–Kier alpha value is -2.95. The number of hydrogen-bond acceptors (Lipinski definition) is 4. The first-order valence-electron chi connectivity index (χ1n) is 11.4. The first kappa shape index (κ1) is 28.6. The van der Waals surface area contributed by atoms with Crippen LogP contribution in [0.5, 0.6) is 0 Å². The van der Waals surface area contributed by atoms with Crippen LogP contribution < -0.4 is 9.62 Å². The Bertz CT molecular complexity index is 1360. The SMILES string of the molecule is CCNC(=O)[C@@H](C)N(Cc1ccc(Br)cc1)C(=O)CN(c1ccc(F)c(Cl)c1)S(=O)(=O)c1ccccc1. The van der Waals surface area contributed by atoms with Gasteiger partial charge in [-0.3, -0.25) is 13.9 Å². The summed E-state index contributed by atoms with van der Waals surface area (Å²) in [4.78, 5) is 27.6. The van der Waals surface area contributed by atoms with Crippen molar-refractivity contribution in [3.05, 3.63) is 93.7 Å². The van der Waals surface area contributed by atoms with Crippen LogP contribution in [-0.2, 0) is 26.2 Å². The van der Waals surface area contributed by atoms with Crippen molar-refractivity contribution in [2.24, 2.45) is 0 Å². The van der Waals surface area contributed by atoms with Gasteiger partial charge in [-0.05, 0) is 61.9 Å². The smallest absolute Gasteiger partial charge is 0.264 e. The summed E-state index contributed by atoms with van der Waals surface area (Å²) in [7, 11) is -4.25. The molecule has 0 saturated carbocycles. The van der Waals surface area contributed by atoms with E-state index in [2.05, 4.69) is 21.2 Å². The fourth-order valence-electron chi connectivity index (χ4n) is 3.58. The topological polar surface area (TPSA) is 86.8 Å². The molecule has 0 aliphatic rings. The molecule has 0 aromatic heterocycles. The highest BCUT2D eigenvalue weighted by Gasteiger charge is 2.32. The molecule has 3 aromatic rings. The molecule has 1 N–H and O–H groups in total. The number of anilines is 1. The van der Waals surface area contributed by atoms with Crippen LogP contribution in [-0.4, -0.2) is 44.3 Å². The third-order valence-corrected chi connectivity index (χ3v) is 8.19. The van der Waals surface area contributed by atoms with E-state index in [1.165, 1.54) is 23.1 Å². The van der Waals surface area contributed by atoms with Gasteiger partial charge in [-0.15, -0.1) is 0 Å². The van der Waals surface area contributed by atoms with Crippen LogP contribution >= 0.6 is 27.5 Å². The zero-order valence-corrected chi connectivity index (χ0v) is 23.4. The highest BCUT2D eigenvalue weighted by atomic mass is 79.9. The van der Waals surface area contributed by atoms with Gasteiger partial charge in [-0.1, -0.05) is 57.9 Å². The first-order valence-corrected chi connectivity index (χ1v) is 14.0. The number of sulfonamides is 1. The maximum absolute atomic E-state index is 13.9. The van der Waals surface area contributed by atoms with Crippen LogP contribution in [0.15, 0.2) is 82.2 Å². The summed E-state index contributed by atoms with van der Waals surface area (Å²) >= 11 is 9.32. The maximum Gasteiger partial charge on any atom is 0.264 e. The molecule has 196 valence electrons. The van der Waals surface area contributed by atoms with Crippen molar-refractivity contribution in [2.75, 3.05) is 17.4 Å². The van der Waals surface area contributed by atoms with E-state index in [0.717, 1.165) is 26.5 Å². The largest absolute Gasteiger partial charge is 0.355 e. The molecule has 37 heavy (non-hydrogen) atoms. The van der Waals surface area contributed by atoms with E-state index >= 15 is 0 Å². The third-order valence-electron chi connectivity index (χ3n) is 5.59. The van der Waals surface area contributed by atoms with Gasteiger partial charge < -0.3 is 10.2 Å². The molecule has 0 aliphatic carbocycles. The van der Waals surface area contributed by atoms with Crippen molar-refractivity contribution in [1.82, 2.24) is 10.2 Å². The summed E-state index contributed by atoms with van der Waals surface area (Å²) in [6.07, 6.45) is 0. The molecule has 11 heteroatoms. The minimum atomic E-state index is -4.25. The molecule has 2 amide bonds. The van der Waals surface area contributed by atoms with Crippen LogP contribution in [0.3, 0.4) is 0 Å². The van der Waals surface area contributed by atoms with E-state index in [4.69, 9.17) is 11.6 Å². The van der Waals surface area contributed by atoms with E-state index in [0.29, 0.717) is 6.54 Å². The molecule has 0 aliphatic heterocycles. The predicted molar refractivity (Wildman–Crippen MR) is 145 cm³/mol. The van der Waals surface area contributed by atoms with Gasteiger partial charge in [0, 0.05) is 17.6 Å². The number of likely N-dealkylation sites (N-methyl/N-ethyl adjacent to an activating group) is 1. The van der Waals surface area contributed by atoms with E-state index in [-0.39, 0.29) is 28.1 Å². The number of rotatable bonds is 10. The van der Waals surface area contributed by atoms with Crippen LogP contribution in [0.1, 0.15) is 19.4 Å². The van der Waals surface area contributed by atoms with Crippen LogP contribution in [0.25, 0.3) is 0 Å². The second-order valence-corrected chi connectivity index (χ2v) is 11.3. The number of benzene rings is 3. The summed E-state index contributed by atoms with van der Waals surface area (Å²) in [6.45, 7) is 3.13. The van der Waals surface area contributed by atoms with Crippen molar-refractivity contribution in [3.8, 4) is 0 Å². The van der Waals surface area contributed by atoms with Crippen molar-refractivity contribution in [3.63, 3.8) is 0 Å². The molecule has 0 radical (unpaired) electrons. The number of nitrogens with one attached hydrogen (secondary N) is 1. The van der Waals surface area contributed by atoms with Gasteiger partial charge in [0.05, 0.1) is 15.6 Å². The van der Waals surface area contributed by atoms with Crippen molar-refractivity contribution < 1.29 is 22.4 Å². The molecule has 7 nitrogen and oxygen atoms in total. The van der Waals surface area contributed by atoms with Crippen molar-refractivity contribution in [1.29, 1.82) is 0 Å². The van der Waals surface area contributed by atoms with Gasteiger partial charge >= 0.3 is 0 Å². The third kappa shape index (κ3) is 7.09. The van der Waals surface area contributed by atoms with Crippen molar-refractivity contribution in [2.45, 2.75) is 31.3 Å². The van der Waals surface area contributed by atoms with E-state index in [9.17, 15) is 22.4 Å². The van der Waals surface area contributed by atoms with Crippen molar-refractivity contribution >= 4 is 55.1 Å². The van der Waals surface area contributed by atoms with Crippen LogP contribution in [0.4, 0.5) is 10.1 Å². The summed E-state index contributed by atoms with van der Waals surface area (Å²) in [6, 6.07) is 17.3. The Morgan fingerprint density at radius 1 is 1.05 bits per heavy atom. The molecule has 3 rings (SSSR count). The number of halogens is 3. The Morgan fingerprint density at radius 3 is 2.30 bits per heavy atom. The lowest BCUT2D eigenvalue weighted by Crippen LogP contribution is -2.51. The number of hydrogen-bond donors (Lipinski definition) is 1. The summed E-state index contributed by atoms with van der Waals surface area (Å²) in [5, 5.41) is 2.41. The molecule has 1 atom stereocenters. The zero-order valence-electron chi connectivity index (χ0n) is 20.2. The van der Waals surface area contributed by atoms with E-state index < -0.39 is 34.3 Å². The van der Waals surface area contributed by atoms with Gasteiger partial charge in [0.2, 0.25) is 11.8 Å². The Balaban J connectivity index is 2.03. The highest BCUT2D eigenvalue weighted by molar-refractivity contribution is 9.10. The monoisotopic (exact) mass is 609 g/mol. The lowest BCUT2D eigenvalue weighted by atomic mass is 10.1. The normalized spacial score (nSPS) is 12.0. The van der Waals surface area contributed by atoms with Gasteiger partial charge in [-0.25, -0.2) is 12.8 Å². The molecule has 0 spiro atoms. The Kier molecular flexibility index (Phi) is 9.69. The fourth-order valence-corrected chi connectivity index (χ4v) is 5.45. The minimum Gasteiger partial charge on any atom is -0.355 e. The second kappa shape index (κ2) is 12.5. The Morgan fingerprint density at radius 2 is 1.70 bits per heavy atom. The lowest BCUT2D eigenvalue weighted by Gasteiger charge is -2.32. The molecule has 0 unspecified atom stereocenters. The summed E-state index contributed by atoms with van der Waals surface area (Å²) in [5.41, 5.74) is 0.757. The van der Waals surface area contributed by atoms with E-state index in [1.807, 2.05) is 0 Å². The van der Waals surface area contributed by atoms with Gasteiger partial charge in [-0.2, -0.15) is 0 Å². The van der Waals surface area contributed by atoms with Crippen LogP contribution in [0, 0.1) is 5.82 Å². The van der Waals surface area contributed by atoms with Gasteiger partial charge in [0.1, 0.15) is 18.4 Å². The number of amides is 2. The van der Waals surface area contributed by atoms with Gasteiger partial charge in [0.25, 0.3) is 10.0 Å². The average molecular weight is 611 g/mol. The molecule has 0 bridgehead atoms. The number of nitrogens with zero attached hydrogens (tertiary/aromatic N) is 2. The zero-order chi connectivity index (χ0) is 27.2. The molecular weight excluding hydrogens is 585 g/mol. The molecule has 0 fully saturated rings. The lowest BCUT2D eigenvalue weighted by molar-refractivity contribution is -0.139. The highest BCUT2D eigenvalue weighted by Crippen LogP contribution is 2.28. The van der Waals surface area contributed by atoms with Gasteiger partial charge in [0.15, 0.2) is 0 Å². The molecule has 3 aromatic carbocycles. The average Bonchev–Trinajstić information content (AvgIpc) is 2.88. The predicted octanol–water partition coefficient (Wildman–Crippen LogP) is 4.99. The standard InChI is InChI=1S/C26H26BrClFN3O4S/c1-3-30-26(34)18(2)31(16-19-9-11-20(27)12-10-19)25(33)17-32(21-13-14-24(29)23(28)15-21)37(35,36)22-7-5-4-6-8-22/h4-15,18H,3,16-17H2,1-2H3,(H,30,34)/t18-/m1/s1. The second-order valence-electron chi connectivity index (χ2n) is 8.14. The minimum absolute atomic E-state index is 0.0119. The number of carbonyl (C=O) groups is 2. The van der Waals surface area contributed by atoms with Crippen LogP contribution in [0.2, 0.25) is 5.02 Å².